The van der Waals surface area contributed by atoms with Crippen LogP contribution in [0.2, 0.25) is 0 Å². The summed E-state index contributed by atoms with van der Waals surface area (Å²) in [6.07, 6.45) is 4.65. The standard InChI is InChI=1S/C18H18N4O4S/c1-10-8-13(11-2-4-19-5-3-11)26-17(25)14(10)15(23)21-12-9-20-18-22(16(12)24)6-7-27-18/h6-9,11,19H,2-5H2,1H3,(H,21,23). The lowest BCUT2D eigenvalue weighted by molar-refractivity contribution is 0.102. The number of amides is 1. The van der Waals surface area contributed by atoms with Crippen LogP contribution < -0.4 is 21.8 Å². The van der Waals surface area contributed by atoms with Gasteiger partial charge in [0.2, 0.25) is 0 Å². The molecule has 8 nitrogen and oxygen atoms in total. The molecule has 0 aliphatic carbocycles. The van der Waals surface area contributed by atoms with Crippen molar-refractivity contribution in [1.29, 1.82) is 0 Å². The van der Waals surface area contributed by atoms with E-state index in [0.29, 0.717) is 16.3 Å². The quantitative estimate of drug-likeness (QED) is 0.710. The number of thiazole rings is 1. The molecule has 0 spiro atoms. The minimum atomic E-state index is -0.689. The summed E-state index contributed by atoms with van der Waals surface area (Å²) in [4.78, 5) is 42.1. The SMILES string of the molecule is Cc1cc(C2CCNCC2)oc(=O)c1C(=O)Nc1cnc2sccn2c1=O. The summed E-state index contributed by atoms with van der Waals surface area (Å²) >= 11 is 1.32. The highest BCUT2D eigenvalue weighted by molar-refractivity contribution is 7.15. The molecule has 140 valence electrons. The Hall–Kier alpha value is -2.78. The molecule has 3 aromatic rings. The molecule has 2 N–H and O–H groups in total. The lowest BCUT2D eigenvalue weighted by Gasteiger charge is -2.21. The third kappa shape index (κ3) is 3.31. The van der Waals surface area contributed by atoms with Crippen molar-refractivity contribution in [2.24, 2.45) is 0 Å². The van der Waals surface area contributed by atoms with E-state index in [1.54, 1.807) is 24.6 Å². The summed E-state index contributed by atoms with van der Waals surface area (Å²) in [6, 6.07) is 1.75. The zero-order valence-corrected chi connectivity index (χ0v) is 15.5. The monoisotopic (exact) mass is 386 g/mol. The van der Waals surface area contributed by atoms with Crippen LogP contribution in [-0.4, -0.2) is 28.4 Å². The Balaban J connectivity index is 1.64. The zero-order valence-electron chi connectivity index (χ0n) is 14.7. The first-order valence-electron chi connectivity index (χ1n) is 8.66. The summed E-state index contributed by atoms with van der Waals surface area (Å²) in [5, 5.41) is 7.48. The van der Waals surface area contributed by atoms with Crippen molar-refractivity contribution in [3.63, 3.8) is 0 Å². The highest BCUT2D eigenvalue weighted by Gasteiger charge is 2.23. The number of hydrogen-bond acceptors (Lipinski definition) is 7. The van der Waals surface area contributed by atoms with Crippen molar-refractivity contribution in [3.05, 3.63) is 61.5 Å². The Morgan fingerprint density at radius 1 is 1.37 bits per heavy atom. The van der Waals surface area contributed by atoms with Gasteiger partial charge in [0.05, 0.1) is 6.20 Å². The third-order valence-electron chi connectivity index (χ3n) is 4.73. The molecule has 4 heterocycles. The van der Waals surface area contributed by atoms with Gasteiger partial charge in [0, 0.05) is 17.5 Å². The number of hydrogen-bond donors (Lipinski definition) is 2. The fourth-order valence-corrected chi connectivity index (χ4v) is 3.98. The number of aryl methyl sites for hydroxylation is 1. The summed E-state index contributed by atoms with van der Waals surface area (Å²) in [5.41, 5.74) is -0.643. The van der Waals surface area contributed by atoms with E-state index in [-0.39, 0.29) is 17.2 Å². The van der Waals surface area contributed by atoms with Gasteiger partial charge in [-0.2, -0.15) is 0 Å². The Bertz CT molecular complexity index is 1120. The van der Waals surface area contributed by atoms with E-state index in [4.69, 9.17) is 4.42 Å². The molecule has 1 aliphatic heterocycles. The first-order valence-corrected chi connectivity index (χ1v) is 9.54. The van der Waals surface area contributed by atoms with Crippen LogP contribution in [0.1, 0.15) is 40.4 Å². The fourth-order valence-electron chi connectivity index (χ4n) is 3.31. The van der Waals surface area contributed by atoms with Crippen molar-refractivity contribution >= 4 is 27.9 Å². The molecule has 0 atom stereocenters. The maximum atomic E-state index is 12.6. The van der Waals surface area contributed by atoms with Crippen LogP contribution in [0.25, 0.3) is 4.96 Å². The smallest absolute Gasteiger partial charge is 0.349 e. The van der Waals surface area contributed by atoms with E-state index in [2.05, 4.69) is 15.6 Å². The fraction of sp³-hybridized carbons (Fsp3) is 0.333. The largest absolute Gasteiger partial charge is 0.427 e. The maximum absolute atomic E-state index is 12.6. The van der Waals surface area contributed by atoms with Gasteiger partial charge in [0.1, 0.15) is 17.0 Å². The lowest BCUT2D eigenvalue weighted by atomic mass is 9.94. The van der Waals surface area contributed by atoms with Crippen LogP contribution in [0.15, 0.2) is 37.8 Å². The average Bonchev–Trinajstić information content (AvgIpc) is 3.14. The summed E-state index contributed by atoms with van der Waals surface area (Å²) in [5.74, 6) is 0.105. The van der Waals surface area contributed by atoms with Gasteiger partial charge in [0.15, 0.2) is 4.96 Å². The normalized spacial score (nSPS) is 15.1. The highest BCUT2D eigenvalue weighted by Crippen LogP contribution is 2.25. The number of nitrogens with zero attached hydrogens (tertiary/aromatic N) is 2. The van der Waals surface area contributed by atoms with E-state index in [9.17, 15) is 14.4 Å². The van der Waals surface area contributed by atoms with Crippen molar-refractivity contribution in [2.75, 3.05) is 18.4 Å². The predicted octanol–water partition coefficient (Wildman–Crippen LogP) is 1.74. The number of carbonyl (C=O) groups excluding carboxylic acids is 1. The predicted molar refractivity (Wildman–Crippen MR) is 102 cm³/mol. The molecule has 0 unspecified atom stereocenters. The minimum absolute atomic E-state index is 0.0112. The van der Waals surface area contributed by atoms with Crippen LogP contribution in [-0.2, 0) is 0 Å². The molecule has 1 amide bonds. The molecular formula is C18H18N4O4S. The van der Waals surface area contributed by atoms with E-state index in [0.717, 1.165) is 25.9 Å². The molecule has 0 bridgehead atoms. The van der Waals surface area contributed by atoms with Crippen molar-refractivity contribution in [1.82, 2.24) is 14.7 Å². The van der Waals surface area contributed by atoms with Gasteiger partial charge in [-0.3, -0.25) is 14.0 Å². The number of anilines is 1. The molecule has 1 aliphatic rings. The van der Waals surface area contributed by atoms with Crippen molar-refractivity contribution < 1.29 is 9.21 Å². The second-order valence-electron chi connectivity index (χ2n) is 6.51. The second-order valence-corrected chi connectivity index (χ2v) is 7.38. The van der Waals surface area contributed by atoms with Gasteiger partial charge in [-0.15, -0.1) is 11.3 Å². The Morgan fingerprint density at radius 3 is 2.89 bits per heavy atom. The Morgan fingerprint density at radius 2 is 2.15 bits per heavy atom. The highest BCUT2D eigenvalue weighted by atomic mass is 32.1. The molecule has 0 radical (unpaired) electrons. The second kappa shape index (κ2) is 7.09. The van der Waals surface area contributed by atoms with Crippen LogP contribution in [0.4, 0.5) is 5.69 Å². The maximum Gasteiger partial charge on any atom is 0.349 e. The molecule has 0 saturated carbocycles. The molecule has 1 fully saturated rings. The number of carbonyl (C=O) groups is 1. The minimum Gasteiger partial charge on any atom is -0.427 e. The number of fused-ring (bicyclic) bond motifs is 1. The first kappa shape index (κ1) is 17.6. The summed E-state index contributed by atoms with van der Waals surface area (Å²) in [7, 11) is 0. The van der Waals surface area contributed by atoms with E-state index in [1.165, 1.54) is 21.9 Å². The van der Waals surface area contributed by atoms with Gasteiger partial charge in [-0.1, -0.05) is 0 Å². The molecule has 4 rings (SSSR count). The van der Waals surface area contributed by atoms with Crippen LogP contribution >= 0.6 is 11.3 Å². The third-order valence-corrected chi connectivity index (χ3v) is 5.50. The van der Waals surface area contributed by atoms with Crippen LogP contribution in [0.5, 0.6) is 0 Å². The molecule has 1 saturated heterocycles. The molecule has 9 heteroatoms. The summed E-state index contributed by atoms with van der Waals surface area (Å²) < 4.78 is 6.78. The van der Waals surface area contributed by atoms with Gasteiger partial charge < -0.3 is 15.1 Å². The van der Waals surface area contributed by atoms with Gasteiger partial charge in [0.25, 0.3) is 11.5 Å². The molecular weight excluding hydrogens is 368 g/mol. The van der Waals surface area contributed by atoms with Crippen molar-refractivity contribution in [3.8, 4) is 0 Å². The number of nitrogens with one attached hydrogen (secondary N) is 2. The lowest BCUT2D eigenvalue weighted by Crippen LogP contribution is -2.29. The van der Waals surface area contributed by atoms with Gasteiger partial charge >= 0.3 is 5.63 Å². The number of rotatable bonds is 3. The zero-order chi connectivity index (χ0) is 19.0. The molecule has 0 aromatic carbocycles. The van der Waals surface area contributed by atoms with Gasteiger partial charge in [-0.05, 0) is 44.5 Å². The van der Waals surface area contributed by atoms with Crippen LogP contribution in [0.3, 0.4) is 0 Å². The average molecular weight is 386 g/mol. The molecule has 3 aromatic heterocycles. The topological polar surface area (TPSA) is 106 Å². The van der Waals surface area contributed by atoms with E-state index < -0.39 is 17.1 Å². The summed E-state index contributed by atoms with van der Waals surface area (Å²) in [6.45, 7) is 3.44. The molecule has 27 heavy (non-hydrogen) atoms. The first-order chi connectivity index (χ1) is 13.0. The number of piperidine rings is 1. The Labute approximate surface area is 157 Å². The van der Waals surface area contributed by atoms with Crippen LogP contribution in [0, 0.1) is 6.92 Å². The Kier molecular flexibility index (Phi) is 4.63. The van der Waals surface area contributed by atoms with Crippen molar-refractivity contribution in [2.45, 2.75) is 25.7 Å². The van der Waals surface area contributed by atoms with E-state index >= 15 is 0 Å². The van der Waals surface area contributed by atoms with Gasteiger partial charge in [-0.25, -0.2) is 9.78 Å². The number of aromatic nitrogens is 2. The van der Waals surface area contributed by atoms with E-state index in [1.807, 2.05) is 0 Å².